The number of nitrogens with zero attached hydrogens (tertiary/aromatic N) is 1. The second-order valence-corrected chi connectivity index (χ2v) is 7.95. The van der Waals surface area contributed by atoms with E-state index in [9.17, 15) is 4.79 Å². The zero-order valence-electron chi connectivity index (χ0n) is 16.3. The van der Waals surface area contributed by atoms with E-state index in [4.69, 9.17) is 15.2 Å². The number of piperidine rings is 1. The summed E-state index contributed by atoms with van der Waals surface area (Å²) in [6.45, 7) is 7.05. The molecular weight excluding hydrogens is 340 g/mol. The first-order chi connectivity index (χ1) is 12.8. The van der Waals surface area contributed by atoms with E-state index in [1.165, 1.54) is 5.56 Å². The van der Waals surface area contributed by atoms with Crippen molar-refractivity contribution in [1.82, 2.24) is 4.90 Å². The van der Waals surface area contributed by atoms with Crippen LogP contribution in [0.25, 0.3) is 0 Å². The highest BCUT2D eigenvalue weighted by Gasteiger charge is 2.27. The van der Waals surface area contributed by atoms with Gasteiger partial charge in [-0.2, -0.15) is 0 Å². The second-order valence-electron chi connectivity index (χ2n) is 7.95. The lowest BCUT2D eigenvalue weighted by Crippen LogP contribution is -2.41. The third-order valence-electron chi connectivity index (χ3n) is 4.63. The SMILES string of the molecule is CC(C)(C)OC(=O)N1CCC(c2ccc(N)c(Oc3ccccc3)c2)CC1. The maximum atomic E-state index is 12.2. The average Bonchev–Trinajstić information content (AvgIpc) is 2.63. The Balaban J connectivity index is 1.64. The Hall–Kier alpha value is -2.69. The van der Waals surface area contributed by atoms with Crippen LogP contribution in [0, 0.1) is 0 Å². The van der Waals surface area contributed by atoms with Gasteiger partial charge in [0.1, 0.15) is 11.4 Å². The maximum absolute atomic E-state index is 12.2. The first-order valence-corrected chi connectivity index (χ1v) is 9.42. The van der Waals surface area contributed by atoms with Crippen LogP contribution in [0.1, 0.15) is 45.1 Å². The van der Waals surface area contributed by atoms with Gasteiger partial charge in [-0.15, -0.1) is 0 Å². The van der Waals surface area contributed by atoms with Crippen LogP contribution in [0.5, 0.6) is 11.5 Å². The molecule has 1 aliphatic heterocycles. The molecule has 0 aromatic heterocycles. The van der Waals surface area contributed by atoms with Crippen molar-refractivity contribution in [2.75, 3.05) is 18.8 Å². The van der Waals surface area contributed by atoms with Gasteiger partial charge in [-0.05, 0) is 69.4 Å². The third kappa shape index (κ3) is 5.16. The van der Waals surface area contributed by atoms with Crippen LogP contribution in [0.2, 0.25) is 0 Å². The highest BCUT2D eigenvalue weighted by molar-refractivity contribution is 5.68. The summed E-state index contributed by atoms with van der Waals surface area (Å²) in [6.07, 6.45) is 1.56. The molecule has 0 spiro atoms. The molecule has 1 heterocycles. The number of benzene rings is 2. The summed E-state index contributed by atoms with van der Waals surface area (Å²) < 4.78 is 11.4. The molecule has 0 aliphatic carbocycles. The van der Waals surface area contributed by atoms with Crippen LogP contribution in [0.3, 0.4) is 0 Å². The van der Waals surface area contributed by atoms with Gasteiger partial charge in [-0.3, -0.25) is 0 Å². The summed E-state index contributed by atoms with van der Waals surface area (Å²) >= 11 is 0. The number of ether oxygens (including phenoxy) is 2. The Kier molecular flexibility index (Phi) is 5.59. The fraction of sp³-hybridized carbons (Fsp3) is 0.409. The number of carbonyl (C=O) groups is 1. The Morgan fingerprint density at radius 2 is 1.74 bits per heavy atom. The normalized spacial score (nSPS) is 15.4. The van der Waals surface area contributed by atoms with Crippen molar-refractivity contribution in [2.24, 2.45) is 0 Å². The predicted octanol–water partition coefficient (Wildman–Crippen LogP) is 5.18. The summed E-state index contributed by atoms with van der Waals surface area (Å²) in [6, 6.07) is 15.6. The predicted molar refractivity (Wildman–Crippen MR) is 107 cm³/mol. The molecule has 0 unspecified atom stereocenters. The van der Waals surface area contributed by atoms with E-state index < -0.39 is 5.60 Å². The van der Waals surface area contributed by atoms with Crippen molar-refractivity contribution in [2.45, 2.75) is 45.1 Å². The van der Waals surface area contributed by atoms with Crippen LogP contribution in [0.4, 0.5) is 10.5 Å². The number of rotatable bonds is 3. The number of likely N-dealkylation sites (tertiary alicyclic amines) is 1. The van der Waals surface area contributed by atoms with Crippen LogP contribution in [0.15, 0.2) is 48.5 Å². The third-order valence-corrected chi connectivity index (χ3v) is 4.63. The summed E-state index contributed by atoms with van der Waals surface area (Å²) in [5, 5.41) is 0. The molecule has 1 fully saturated rings. The summed E-state index contributed by atoms with van der Waals surface area (Å²) in [5.74, 6) is 1.82. The minimum Gasteiger partial charge on any atom is -0.455 e. The van der Waals surface area contributed by atoms with Gasteiger partial charge in [-0.1, -0.05) is 24.3 Å². The van der Waals surface area contributed by atoms with Crippen LogP contribution in [-0.4, -0.2) is 29.7 Å². The fourth-order valence-corrected chi connectivity index (χ4v) is 3.23. The van der Waals surface area contributed by atoms with Gasteiger partial charge in [0.2, 0.25) is 0 Å². The number of hydrogen-bond donors (Lipinski definition) is 1. The van der Waals surface area contributed by atoms with Gasteiger partial charge in [0.25, 0.3) is 0 Å². The summed E-state index contributed by atoms with van der Waals surface area (Å²) in [7, 11) is 0. The number of anilines is 1. The number of hydrogen-bond acceptors (Lipinski definition) is 4. The number of carbonyl (C=O) groups excluding carboxylic acids is 1. The van der Waals surface area contributed by atoms with Gasteiger partial charge in [0.05, 0.1) is 5.69 Å². The summed E-state index contributed by atoms with van der Waals surface area (Å²) in [4.78, 5) is 14.0. The molecule has 2 N–H and O–H groups in total. The molecule has 2 aromatic carbocycles. The van der Waals surface area contributed by atoms with E-state index in [1.54, 1.807) is 4.90 Å². The van der Waals surface area contributed by atoms with Gasteiger partial charge < -0.3 is 20.1 Å². The lowest BCUT2D eigenvalue weighted by molar-refractivity contribution is 0.0205. The van der Waals surface area contributed by atoms with E-state index in [1.807, 2.05) is 63.2 Å². The van der Waals surface area contributed by atoms with Gasteiger partial charge in [0.15, 0.2) is 5.75 Å². The molecule has 27 heavy (non-hydrogen) atoms. The summed E-state index contributed by atoms with van der Waals surface area (Å²) in [5.41, 5.74) is 7.44. The molecule has 144 valence electrons. The minimum absolute atomic E-state index is 0.230. The lowest BCUT2D eigenvalue weighted by Gasteiger charge is -2.33. The van der Waals surface area contributed by atoms with E-state index in [-0.39, 0.29) is 6.09 Å². The van der Waals surface area contributed by atoms with Crippen LogP contribution < -0.4 is 10.5 Å². The van der Waals surface area contributed by atoms with E-state index in [0.29, 0.717) is 30.4 Å². The molecule has 0 saturated carbocycles. The number of nitrogen functional groups attached to an aromatic ring is 1. The largest absolute Gasteiger partial charge is 0.455 e. The number of para-hydroxylation sites is 1. The minimum atomic E-state index is -0.464. The molecular formula is C22H28N2O3. The van der Waals surface area contributed by atoms with Crippen molar-refractivity contribution < 1.29 is 14.3 Å². The first kappa shape index (κ1) is 19.1. The van der Waals surface area contributed by atoms with Crippen molar-refractivity contribution in [3.8, 4) is 11.5 Å². The Morgan fingerprint density at radius 1 is 1.07 bits per heavy atom. The first-order valence-electron chi connectivity index (χ1n) is 9.42. The number of amides is 1. The zero-order chi connectivity index (χ0) is 19.4. The molecule has 1 aliphatic rings. The van der Waals surface area contributed by atoms with Gasteiger partial charge in [0, 0.05) is 13.1 Å². The highest BCUT2D eigenvalue weighted by Crippen LogP contribution is 2.35. The van der Waals surface area contributed by atoms with Gasteiger partial charge >= 0.3 is 6.09 Å². The molecule has 5 heteroatoms. The molecule has 1 saturated heterocycles. The topological polar surface area (TPSA) is 64.8 Å². The van der Waals surface area contributed by atoms with Gasteiger partial charge in [-0.25, -0.2) is 4.79 Å². The van der Waals surface area contributed by atoms with Crippen molar-refractivity contribution in [3.05, 3.63) is 54.1 Å². The molecule has 3 rings (SSSR count). The molecule has 0 atom stereocenters. The van der Waals surface area contributed by atoms with Crippen molar-refractivity contribution in [1.29, 1.82) is 0 Å². The van der Waals surface area contributed by atoms with Crippen molar-refractivity contribution >= 4 is 11.8 Å². The van der Waals surface area contributed by atoms with E-state index >= 15 is 0 Å². The fourth-order valence-electron chi connectivity index (χ4n) is 3.23. The lowest BCUT2D eigenvalue weighted by atomic mass is 9.89. The number of nitrogens with two attached hydrogens (primary N) is 1. The van der Waals surface area contributed by atoms with Crippen molar-refractivity contribution in [3.63, 3.8) is 0 Å². The standard InChI is InChI=1S/C22H28N2O3/c1-22(2,3)27-21(25)24-13-11-16(12-14-24)17-9-10-19(23)20(15-17)26-18-7-5-4-6-8-18/h4-10,15-16H,11-14,23H2,1-3H3. The molecule has 2 aromatic rings. The highest BCUT2D eigenvalue weighted by atomic mass is 16.6. The molecule has 5 nitrogen and oxygen atoms in total. The molecule has 0 bridgehead atoms. The monoisotopic (exact) mass is 368 g/mol. The van der Waals surface area contributed by atoms with Crippen LogP contribution >= 0.6 is 0 Å². The molecule has 1 amide bonds. The van der Waals surface area contributed by atoms with E-state index in [2.05, 4.69) is 6.07 Å². The Bertz CT molecular complexity index is 776. The molecule has 0 radical (unpaired) electrons. The van der Waals surface area contributed by atoms with Crippen LogP contribution in [-0.2, 0) is 4.74 Å². The smallest absolute Gasteiger partial charge is 0.410 e. The quantitative estimate of drug-likeness (QED) is 0.759. The maximum Gasteiger partial charge on any atom is 0.410 e. The second kappa shape index (κ2) is 7.91. The van der Waals surface area contributed by atoms with E-state index in [0.717, 1.165) is 18.6 Å². The Morgan fingerprint density at radius 3 is 2.37 bits per heavy atom. The Labute approximate surface area is 161 Å². The average molecular weight is 368 g/mol. The zero-order valence-corrected chi connectivity index (χ0v) is 16.3.